The average molecular weight is 1080 g/mol. The van der Waals surface area contributed by atoms with Crippen molar-refractivity contribution in [2.45, 2.75) is 52.4 Å². The van der Waals surface area contributed by atoms with Gasteiger partial charge in [-0.05, 0) is 167 Å². The summed E-state index contributed by atoms with van der Waals surface area (Å²) < 4.78 is 0. The Hall–Kier alpha value is -9.90. The number of benzene rings is 12. The van der Waals surface area contributed by atoms with Gasteiger partial charge in [0.1, 0.15) is 0 Å². The van der Waals surface area contributed by atoms with Crippen molar-refractivity contribution in [1.82, 2.24) is 0 Å². The van der Waals surface area contributed by atoms with E-state index in [-0.39, 0.29) is 17.5 Å². The summed E-state index contributed by atoms with van der Waals surface area (Å²) in [5, 5.41) is 0. The molecule has 0 amide bonds. The fourth-order valence-electron chi connectivity index (χ4n) is 13.4. The van der Waals surface area contributed by atoms with Crippen LogP contribution in [-0.2, 0) is 10.8 Å². The molecule has 0 saturated carbocycles. The van der Waals surface area contributed by atoms with Crippen molar-refractivity contribution in [1.29, 1.82) is 0 Å². The topological polar surface area (TPSA) is 9.72 Å². The van der Waals surface area contributed by atoms with Crippen LogP contribution >= 0.6 is 0 Å². The molecule has 0 fully saturated rings. The molecule has 0 aromatic heterocycles. The molecule has 0 atom stereocenters. The van der Waals surface area contributed by atoms with E-state index in [2.05, 4.69) is 335 Å². The smallest absolute Gasteiger partial charge is 0.252 e. The Morgan fingerprint density at radius 3 is 1.25 bits per heavy atom. The Morgan fingerprint density at radius 1 is 0.286 bits per heavy atom. The average Bonchev–Trinajstić information content (AvgIpc) is 1.20. The van der Waals surface area contributed by atoms with Gasteiger partial charge >= 0.3 is 0 Å². The quantitative estimate of drug-likeness (QED) is 0.140. The van der Waals surface area contributed by atoms with E-state index >= 15 is 0 Å². The second-order valence-corrected chi connectivity index (χ2v) is 25.0. The Balaban J connectivity index is 1.09. The summed E-state index contributed by atoms with van der Waals surface area (Å²) in [5.41, 5.74) is 30.8. The third kappa shape index (κ3) is 8.67. The van der Waals surface area contributed by atoms with Gasteiger partial charge in [-0.1, -0.05) is 248 Å². The molecule has 12 aromatic rings. The van der Waals surface area contributed by atoms with Crippen LogP contribution in [0.2, 0.25) is 0 Å². The van der Waals surface area contributed by atoms with Gasteiger partial charge in [-0.3, -0.25) is 0 Å². The lowest BCUT2D eigenvalue weighted by Crippen LogP contribution is -2.61. The third-order valence-electron chi connectivity index (χ3n) is 17.7. The first-order chi connectivity index (χ1) is 40.9. The van der Waals surface area contributed by atoms with Crippen molar-refractivity contribution in [3.05, 3.63) is 290 Å². The molecule has 3 aliphatic rings. The van der Waals surface area contributed by atoms with Crippen molar-refractivity contribution in [3.8, 4) is 66.8 Å². The van der Waals surface area contributed by atoms with Crippen LogP contribution in [0.5, 0.6) is 0 Å². The number of anilines is 9. The molecule has 3 nitrogen and oxygen atoms in total. The predicted octanol–water partition coefficient (Wildman–Crippen LogP) is 20.1. The molecule has 0 unspecified atom stereocenters. The van der Waals surface area contributed by atoms with Gasteiger partial charge in [-0.2, -0.15) is 0 Å². The largest absolute Gasteiger partial charge is 0.311 e. The molecule has 3 heterocycles. The number of nitrogens with zero attached hydrogens (tertiary/aromatic N) is 3. The summed E-state index contributed by atoms with van der Waals surface area (Å²) in [7, 11) is 0. The summed E-state index contributed by atoms with van der Waals surface area (Å²) >= 11 is 0. The first-order valence-corrected chi connectivity index (χ1v) is 29.6. The summed E-state index contributed by atoms with van der Waals surface area (Å²) in [5.74, 6) is 0. The number of hydrogen-bond donors (Lipinski definition) is 0. The fraction of sp³-hybridized carbons (Fsp3) is 0.100. The van der Waals surface area contributed by atoms with Crippen molar-refractivity contribution < 1.29 is 0 Å². The Morgan fingerprint density at radius 2 is 0.714 bits per heavy atom. The zero-order valence-electron chi connectivity index (χ0n) is 48.5. The Labute approximate surface area is 495 Å². The highest BCUT2D eigenvalue weighted by Crippen LogP contribution is 2.56. The number of hydrogen-bond acceptors (Lipinski definition) is 3. The standard InChI is InChI=1S/C80H64BN3/c1-79(2,3)61-35-41-63(42-36-61)82(64-43-37-62(38-44-64)80(4,5)6)66-51-75-77-76(52-66)84-73-46-34-58(54-23-13-8-14-24-54)47-69(73)67-29-19-20-30-68(67)70-48-60(56-27-17-10-18-28-56)49-72(78(70)84)81(77)71-45-33-59(55-25-15-9-16-26-55)50-74(71)83(75)65-39-31-57(32-40-65)53-21-11-7-12-22-53/h7-52H,1-6H3. The minimum Gasteiger partial charge on any atom is -0.311 e. The van der Waals surface area contributed by atoms with Gasteiger partial charge in [-0.25, -0.2) is 0 Å². The Bertz CT molecular complexity index is 4410. The summed E-state index contributed by atoms with van der Waals surface area (Å²) in [4.78, 5) is 7.74. The molecule has 12 aromatic carbocycles. The Kier molecular flexibility index (Phi) is 12.1. The van der Waals surface area contributed by atoms with E-state index in [4.69, 9.17) is 0 Å². The molecule has 0 bridgehead atoms. The van der Waals surface area contributed by atoms with Crippen LogP contribution in [0, 0.1) is 0 Å². The maximum atomic E-state index is 2.66. The van der Waals surface area contributed by atoms with E-state index in [1.165, 1.54) is 100.0 Å². The molecule has 0 radical (unpaired) electrons. The van der Waals surface area contributed by atoms with E-state index in [1.807, 2.05) is 0 Å². The van der Waals surface area contributed by atoms with Gasteiger partial charge in [-0.15, -0.1) is 0 Å². The zero-order valence-corrected chi connectivity index (χ0v) is 48.5. The van der Waals surface area contributed by atoms with Gasteiger partial charge in [0.15, 0.2) is 0 Å². The van der Waals surface area contributed by atoms with Gasteiger partial charge in [0.05, 0.1) is 11.4 Å². The van der Waals surface area contributed by atoms with Gasteiger partial charge in [0.2, 0.25) is 0 Å². The summed E-state index contributed by atoms with van der Waals surface area (Å²) in [6.45, 7) is 13.6. The molecule has 4 heteroatoms. The molecule has 3 aliphatic heterocycles. The lowest BCUT2D eigenvalue weighted by atomic mass is 9.33. The van der Waals surface area contributed by atoms with Gasteiger partial charge < -0.3 is 14.7 Å². The minimum atomic E-state index is -0.153. The second kappa shape index (κ2) is 19.9. The van der Waals surface area contributed by atoms with E-state index in [0.717, 1.165) is 45.5 Å². The molecule has 84 heavy (non-hydrogen) atoms. The normalized spacial score (nSPS) is 12.8. The fourth-order valence-corrected chi connectivity index (χ4v) is 13.4. The molecular formula is C80H64BN3. The highest BCUT2D eigenvalue weighted by atomic mass is 15.2. The predicted molar refractivity (Wildman–Crippen MR) is 359 cm³/mol. The maximum absolute atomic E-state index is 2.66. The first kappa shape index (κ1) is 51.0. The van der Waals surface area contributed by atoms with Crippen molar-refractivity contribution in [3.63, 3.8) is 0 Å². The van der Waals surface area contributed by atoms with Crippen molar-refractivity contribution >= 4 is 74.3 Å². The minimum absolute atomic E-state index is 0.0190. The van der Waals surface area contributed by atoms with Crippen LogP contribution in [0.25, 0.3) is 66.8 Å². The van der Waals surface area contributed by atoms with E-state index < -0.39 is 0 Å². The number of rotatable bonds is 8. The van der Waals surface area contributed by atoms with Crippen LogP contribution in [0.4, 0.5) is 51.2 Å². The third-order valence-corrected chi connectivity index (χ3v) is 17.7. The van der Waals surface area contributed by atoms with Crippen LogP contribution < -0.4 is 31.1 Å². The number of fused-ring (bicyclic) bond motifs is 9. The van der Waals surface area contributed by atoms with Crippen LogP contribution in [-0.4, -0.2) is 6.71 Å². The van der Waals surface area contributed by atoms with Crippen LogP contribution in [0.15, 0.2) is 279 Å². The van der Waals surface area contributed by atoms with E-state index in [1.54, 1.807) is 0 Å². The van der Waals surface area contributed by atoms with Crippen molar-refractivity contribution in [2.24, 2.45) is 0 Å². The molecule has 15 rings (SSSR count). The highest BCUT2D eigenvalue weighted by Gasteiger charge is 2.46. The zero-order chi connectivity index (χ0) is 56.8. The molecule has 0 spiro atoms. The second-order valence-electron chi connectivity index (χ2n) is 25.0. The molecule has 0 saturated heterocycles. The van der Waals surface area contributed by atoms with E-state index in [0.29, 0.717) is 0 Å². The van der Waals surface area contributed by atoms with E-state index in [9.17, 15) is 0 Å². The SMILES string of the molecule is CC(C)(C)c1ccc(N(c2ccc(C(C)(C)C)cc2)c2cc3c4c(c2)N2c5ccc(-c6ccccc6)cc5-c5ccccc5-c5cc(-c6ccccc6)cc(c52)B4c2ccc(-c4ccccc4)cc2N3c2ccc(-c3ccccc3)cc2)cc1. The van der Waals surface area contributed by atoms with Crippen LogP contribution in [0.1, 0.15) is 52.7 Å². The van der Waals surface area contributed by atoms with Crippen molar-refractivity contribution in [2.75, 3.05) is 14.7 Å². The molecule has 0 aliphatic carbocycles. The summed E-state index contributed by atoms with van der Waals surface area (Å²) in [6.07, 6.45) is 0. The first-order valence-electron chi connectivity index (χ1n) is 29.6. The monoisotopic (exact) mass is 1080 g/mol. The summed E-state index contributed by atoms with van der Waals surface area (Å²) in [6, 6.07) is 105. The molecule has 402 valence electrons. The maximum Gasteiger partial charge on any atom is 0.252 e. The molecule has 0 N–H and O–H groups in total. The van der Waals surface area contributed by atoms with Gasteiger partial charge in [0, 0.05) is 50.9 Å². The highest BCUT2D eigenvalue weighted by molar-refractivity contribution is 7.00. The molecular weight excluding hydrogens is 1010 g/mol. The lowest BCUT2D eigenvalue weighted by molar-refractivity contribution is 0.590. The van der Waals surface area contributed by atoms with Gasteiger partial charge in [0.25, 0.3) is 6.71 Å². The van der Waals surface area contributed by atoms with Crippen LogP contribution in [0.3, 0.4) is 0 Å². The lowest BCUT2D eigenvalue weighted by Gasteiger charge is -2.45.